The third kappa shape index (κ3) is 3.54. The summed E-state index contributed by atoms with van der Waals surface area (Å²) < 4.78 is 6.79. The van der Waals surface area contributed by atoms with Gasteiger partial charge in [-0.05, 0) is 59.9 Å². The van der Waals surface area contributed by atoms with E-state index in [1.165, 1.54) is 12.8 Å². The van der Waals surface area contributed by atoms with Crippen molar-refractivity contribution >= 4 is 39.1 Å². The second-order valence-electron chi connectivity index (χ2n) is 4.01. The second-order valence-corrected chi connectivity index (χ2v) is 5.37. The van der Waals surface area contributed by atoms with E-state index in [1.807, 2.05) is 6.07 Å². The Balaban J connectivity index is 2.16. The fourth-order valence-corrected chi connectivity index (χ4v) is 2.31. The largest absolute Gasteiger partial charge is 0.487 e. The van der Waals surface area contributed by atoms with E-state index < -0.39 is 0 Å². The van der Waals surface area contributed by atoms with Gasteiger partial charge in [0.2, 0.25) is 0 Å². The molecule has 17 heavy (non-hydrogen) atoms. The quantitative estimate of drug-likeness (QED) is 0.840. The minimum atomic E-state index is 0.191. The summed E-state index contributed by atoms with van der Waals surface area (Å²) in [6.45, 7) is 0. The van der Waals surface area contributed by atoms with Crippen LogP contribution in [0.1, 0.15) is 25.7 Å². The van der Waals surface area contributed by atoms with Gasteiger partial charge in [0.25, 0.3) is 0 Å². The summed E-state index contributed by atoms with van der Waals surface area (Å²) in [7, 11) is 0. The van der Waals surface area contributed by atoms with Crippen molar-refractivity contribution in [3.05, 3.63) is 16.7 Å². The van der Waals surface area contributed by atoms with Crippen molar-refractivity contribution in [2.24, 2.45) is 5.73 Å². The number of hydrogen-bond acceptors (Lipinski definition) is 3. The van der Waals surface area contributed by atoms with Crippen LogP contribution < -0.4 is 15.8 Å². The summed E-state index contributed by atoms with van der Waals surface area (Å²) in [6, 6.07) is 1.88. The summed E-state index contributed by atoms with van der Waals surface area (Å²) in [5.41, 5.74) is 5.45. The number of thiocarbonyl (C=S) groups is 1. The number of nitrogens with one attached hydrogen (secondary N) is 1. The zero-order chi connectivity index (χ0) is 12.3. The predicted octanol–water partition coefficient (Wildman–Crippen LogP) is 2.82. The van der Waals surface area contributed by atoms with E-state index >= 15 is 0 Å². The highest BCUT2D eigenvalue weighted by molar-refractivity contribution is 9.10. The van der Waals surface area contributed by atoms with Crippen molar-refractivity contribution in [3.8, 4) is 5.75 Å². The van der Waals surface area contributed by atoms with E-state index in [9.17, 15) is 0 Å². The molecular formula is C11H14BrN3OS. The molecule has 1 aliphatic carbocycles. The number of anilines is 1. The Labute approximate surface area is 114 Å². The van der Waals surface area contributed by atoms with Crippen molar-refractivity contribution in [2.45, 2.75) is 31.8 Å². The molecule has 1 aromatic rings. The minimum absolute atomic E-state index is 0.191. The number of rotatable bonds is 3. The third-order valence-corrected chi connectivity index (χ3v) is 3.19. The van der Waals surface area contributed by atoms with Crippen LogP contribution in [0.3, 0.4) is 0 Å². The number of nitrogens with two attached hydrogens (primary N) is 1. The van der Waals surface area contributed by atoms with Gasteiger partial charge in [0.15, 0.2) is 16.7 Å². The van der Waals surface area contributed by atoms with Crippen LogP contribution in [0.2, 0.25) is 0 Å². The lowest BCUT2D eigenvalue weighted by Gasteiger charge is -2.16. The Bertz CT molecular complexity index is 421. The number of hydrogen-bond donors (Lipinski definition) is 2. The van der Waals surface area contributed by atoms with Gasteiger partial charge in [0.05, 0.1) is 6.10 Å². The van der Waals surface area contributed by atoms with Gasteiger partial charge >= 0.3 is 0 Å². The van der Waals surface area contributed by atoms with Gasteiger partial charge in [-0.25, -0.2) is 4.98 Å². The van der Waals surface area contributed by atoms with Crippen molar-refractivity contribution in [1.82, 2.24) is 4.98 Å². The maximum absolute atomic E-state index is 5.92. The molecule has 1 fully saturated rings. The smallest absolute Gasteiger partial charge is 0.175 e. The van der Waals surface area contributed by atoms with E-state index in [1.54, 1.807) is 6.20 Å². The number of aromatic nitrogens is 1. The first-order chi connectivity index (χ1) is 8.15. The lowest BCUT2D eigenvalue weighted by Crippen LogP contribution is -2.21. The molecule has 4 nitrogen and oxygen atoms in total. The summed E-state index contributed by atoms with van der Waals surface area (Å²) in [4.78, 5) is 4.21. The van der Waals surface area contributed by atoms with E-state index in [2.05, 4.69) is 26.2 Å². The molecule has 0 amide bonds. The maximum atomic E-state index is 5.92. The third-order valence-electron chi connectivity index (χ3n) is 2.66. The normalized spacial score (nSPS) is 15.8. The predicted molar refractivity (Wildman–Crippen MR) is 75.2 cm³/mol. The number of pyridine rings is 1. The molecule has 0 saturated heterocycles. The first-order valence-corrected chi connectivity index (χ1v) is 6.74. The first-order valence-electron chi connectivity index (χ1n) is 5.54. The summed E-state index contributed by atoms with van der Waals surface area (Å²) in [6.07, 6.45) is 6.60. The van der Waals surface area contributed by atoms with Gasteiger partial charge < -0.3 is 15.8 Å². The molecule has 2 rings (SSSR count). The van der Waals surface area contributed by atoms with Gasteiger partial charge in [-0.3, -0.25) is 0 Å². The molecule has 1 aromatic heterocycles. The highest BCUT2D eigenvalue weighted by Gasteiger charge is 2.18. The molecule has 0 atom stereocenters. The Morgan fingerprint density at radius 3 is 2.88 bits per heavy atom. The number of nitrogens with zero attached hydrogens (tertiary/aromatic N) is 1. The lowest BCUT2D eigenvalue weighted by molar-refractivity contribution is 0.210. The van der Waals surface area contributed by atoms with Crippen molar-refractivity contribution in [3.63, 3.8) is 0 Å². The topological polar surface area (TPSA) is 60.2 Å². The van der Waals surface area contributed by atoms with Crippen LogP contribution in [-0.4, -0.2) is 16.2 Å². The van der Waals surface area contributed by atoms with Crippen LogP contribution in [0.15, 0.2) is 16.7 Å². The fraction of sp³-hybridized carbons (Fsp3) is 0.455. The Morgan fingerprint density at radius 2 is 2.24 bits per heavy atom. The molecular weight excluding hydrogens is 302 g/mol. The van der Waals surface area contributed by atoms with Gasteiger partial charge in [-0.15, -0.1) is 0 Å². The SMILES string of the molecule is NC(=S)Nc1ncc(Br)cc1OC1CCCC1. The maximum Gasteiger partial charge on any atom is 0.175 e. The molecule has 0 bridgehead atoms. The second kappa shape index (κ2) is 5.64. The Morgan fingerprint density at radius 1 is 1.53 bits per heavy atom. The number of ether oxygens (including phenoxy) is 1. The van der Waals surface area contributed by atoms with Crippen molar-refractivity contribution < 1.29 is 4.74 Å². The van der Waals surface area contributed by atoms with E-state index in [4.69, 9.17) is 22.7 Å². The van der Waals surface area contributed by atoms with Crippen LogP contribution in [0.25, 0.3) is 0 Å². The lowest BCUT2D eigenvalue weighted by atomic mass is 10.3. The fourth-order valence-electron chi connectivity index (χ4n) is 1.91. The van der Waals surface area contributed by atoms with Crippen LogP contribution in [-0.2, 0) is 0 Å². The molecule has 6 heteroatoms. The summed E-state index contributed by atoms with van der Waals surface area (Å²) >= 11 is 8.19. The minimum Gasteiger partial charge on any atom is -0.487 e. The zero-order valence-corrected chi connectivity index (χ0v) is 11.7. The first kappa shape index (κ1) is 12.6. The standard InChI is InChI=1S/C11H14BrN3OS/c12-7-5-9(16-8-3-1-2-4-8)10(14-6-7)15-11(13)17/h5-6,8H,1-4H2,(H3,13,14,15,17). The average Bonchev–Trinajstić information content (AvgIpc) is 2.74. The summed E-state index contributed by atoms with van der Waals surface area (Å²) in [5, 5.41) is 3.02. The van der Waals surface area contributed by atoms with Gasteiger partial charge in [0.1, 0.15) is 0 Å². The van der Waals surface area contributed by atoms with E-state index in [0.717, 1.165) is 17.3 Å². The monoisotopic (exact) mass is 315 g/mol. The van der Waals surface area contributed by atoms with Gasteiger partial charge in [-0.2, -0.15) is 0 Å². The van der Waals surface area contributed by atoms with Crippen LogP contribution in [0.4, 0.5) is 5.82 Å². The molecule has 1 aliphatic rings. The van der Waals surface area contributed by atoms with Crippen molar-refractivity contribution in [1.29, 1.82) is 0 Å². The van der Waals surface area contributed by atoms with E-state index in [-0.39, 0.29) is 11.2 Å². The van der Waals surface area contributed by atoms with Crippen LogP contribution in [0, 0.1) is 0 Å². The Kier molecular flexibility index (Phi) is 4.17. The zero-order valence-electron chi connectivity index (χ0n) is 9.28. The molecule has 1 saturated carbocycles. The molecule has 0 aromatic carbocycles. The van der Waals surface area contributed by atoms with Crippen molar-refractivity contribution in [2.75, 3.05) is 5.32 Å². The average molecular weight is 316 g/mol. The number of halogens is 1. The molecule has 1 heterocycles. The molecule has 0 aliphatic heterocycles. The Hall–Kier alpha value is -0.880. The van der Waals surface area contributed by atoms with Gasteiger partial charge in [0, 0.05) is 10.7 Å². The molecule has 92 valence electrons. The van der Waals surface area contributed by atoms with Crippen LogP contribution >= 0.6 is 28.1 Å². The summed E-state index contributed by atoms with van der Waals surface area (Å²) in [5.74, 6) is 1.27. The highest BCUT2D eigenvalue weighted by atomic mass is 79.9. The molecule has 0 unspecified atom stereocenters. The van der Waals surface area contributed by atoms with Gasteiger partial charge in [-0.1, -0.05) is 0 Å². The molecule has 0 radical (unpaired) electrons. The molecule has 3 N–H and O–H groups in total. The van der Waals surface area contributed by atoms with Crippen LogP contribution in [0.5, 0.6) is 5.75 Å². The van der Waals surface area contributed by atoms with E-state index in [0.29, 0.717) is 11.6 Å². The molecule has 0 spiro atoms. The highest BCUT2D eigenvalue weighted by Crippen LogP contribution is 2.30.